The molecule has 0 saturated carbocycles. The Bertz CT molecular complexity index is 1310. The molecule has 4 aromatic rings. The molecule has 0 aliphatic heterocycles. The number of carbonyl (C=O) groups excluding carboxylic acids is 2. The smallest absolute Gasteiger partial charge is 0.247 e. The van der Waals surface area contributed by atoms with Gasteiger partial charge < -0.3 is 15.0 Å². The number of rotatable bonds is 10. The van der Waals surface area contributed by atoms with Crippen LogP contribution in [0.3, 0.4) is 0 Å². The average molecular weight is 513 g/mol. The number of carbonyl (C=O) groups is 2. The van der Waals surface area contributed by atoms with E-state index in [-0.39, 0.29) is 31.3 Å². The summed E-state index contributed by atoms with van der Waals surface area (Å²) in [5.41, 5.74) is 3.35. The van der Waals surface area contributed by atoms with E-state index in [0.29, 0.717) is 10.8 Å². The van der Waals surface area contributed by atoms with Gasteiger partial charge in [0.1, 0.15) is 11.8 Å². The summed E-state index contributed by atoms with van der Waals surface area (Å²) in [6.45, 7) is 0.561. The first kappa shape index (κ1) is 26.0. The lowest BCUT2D eigenvalue weighted by atomic mass is 10.0. The summed E-state index contributed by atoms with van der Waals surface area (Å²) in [6.07, 6.45) is 0.146. The molecule has 0 radical (unpaired) electrons. The number of halogens is 1. The highest BCUT2D eigenvalue weighted by Crippen LogP contribution is 2.26. The van der Waals surface area contributed by atoms with Crippen molar-refractivity contribution in [3.63, 3.8) is 0 Å². The Hall–Kier alpha value is -4.09. The summed E-state index contributed by atoms with van der Waals surface area (Å²) < 4.78 is 5.44. The zero-order valence-electron chi connectivity index (χ0n) is 20.6. The van der Waals surface area contributed by atoms with Crippen LogP contribution in [0.25, 0.3) is 0 Å². The van der Waals surface area contributed by atoms with Crippen LogP contribution in [0.2, 0.25) is 5.02 Å². The summed E-state index contributed by atoms with van der Waals surface area (Å²) in [7, 11) is 1.60. The van der Waals surface area contributed by atoms with Crippen LogP contribution in [0.15, 0.2) is 109 Å². The molecule has 2 amide bonds. The van der Waals surface area contributed by atoms with Gasteiger partial charge in [-0.3, -0.25) is 9.59 Å². The van der Waals surface area contributed by atoms with Gasteiger partial charge in [0, 0.05) is 23.7 Å². The Kier molecular flexibility index (Phi) is 8.95. The van der Waals surface area contributed by atoms with Gasteiger partial charge >= 0.3 is 0 Å². The third kappa shape index (κ3) is 6.99. The van der Waals surface area contributed by atoms with E-state index in [1.165, 1.54) is 0 Å². The van der Waals surface area contributed by atoms with Crippen molar-refractivity contribution in [1.29, 1.82) is 0 Å². The second-order valence-electron chi connectivity index (χ2n) is 8.65. The number of para-hydroxylation sites is 1. The highest BCUT2D eigenvalue weighted by atomic mass is 35.5. The first-order chi connectivity index (χ1) is 18.0. The zero-order chi connectivity index (χ0) is 26.0. The van der Waals surface area contributed by atoms with Crippen LogP contribution in [0.4, 0.5) is 0 Å². The fraction of sp³-hybridized carbons (Fsp3) is 0.161. The van der Waals surface area contributed by atoms with Crippen molar-refractivity contribution >= 4 is 23.4 Å². The minimum Gasteiger partial charge on any atom is -0.496 e. The fourth-order valence-electron chi connectivity index (χ4n) is 4.22. The Balaban J connectivity index is 1.66. The van der Waals surface area contributed by atoms with Crippen molar-refractivity contribution in [1.82, 2.24) is 10.2 Å². The zero-order valence-corrected chi connectivity index (χ0v) is 21.4. The summed E-state index contributed by atoms with van der Waals surface area (Å²) in [5, 5.41) is 3.64. The lowest BCUT2D eigenvalue weighted by molar-refractivity contribution is -0.141. The van der Waals surface area contributed by atoms with E-state index in [4.69, 9.17) is 16.3 Å². The number of benzene rings is 4. The lowest BCUT2D eigenvalue weighted by Gasteiger charge is -2.32. The normalized spacial score (nSPS) is 11.4. The number of nitrogens with zero attached hydrogens (tertiary/aromatic N) is 1. The van der Waals surface area contributed by atoms with Crippen LogP contribution >= 0.6 is 11.6 Å². The average Bonchev–Trinajstić information content (AvgIpc) is 2.94. The predicted molar refractivity (Wildman–Crippen MR) is 146 cm³/mol. The molecule has 5 nitrogen and oxygen atoms in total. The molecular weight excluding hydrogens is 484 g/mol. The monoisotopic (exact) mass is 512 g/mol. The summed E-state index contributed by atoms with van der Waals surface area (Å²) in [6, 6.07) is 33.0. The molecule has 0 aliphatic carbocycles. The Morgan fingerprint density at radius 3 is 2.11 bits per heavy atom. The van der Waals surface area contributed by atoms with E-state index in [1.54, 1.807) is 24.1 Å². The van der Waals surface area contributed by atoms with Crippen molar-refractivity contribution in [3.8, 4) is 5.75 Å². The van der Waals surface area contributed by atoms with Crippen LogP contribution in [0, 0.1) is 0 Å². The van der Waals surface area contributed by atoms with E-state index < -0.39 is 6.04 Å². The maximum Gasteiger partial charge on any atom is 0.247 e. The summed E-state index contributed by atoms with van der Waals surface area (Å²) in [5.74, 6) is 0.268. The molecule has 4 aromatic carbocycles. The SMILES string of the molecule is COc1ccccc1CNC(=O)[C@@H](c1ccccc1)N(Cc1ccccc1)C(=O)Cc1ccc(Cl)cc1. The maximum atomic E-state index is 13.8. The predicted octanol–water partition coefficient (Wildman–Crippen LogP) is 5.98. The molecule has 1 atom stereocenters. The molecule has 0 aromatic heterocycles. The molecule has 0 unspecified atom stereocenters. The van der Waals surface area contributed by atoms with E-state index >= 15 is 0 Å². The number of methoxy groups -OCH3 is 1. The lowest BCUT2D eigenvalue weighted by Crippen LogP contribution is -2.43. The van der Waals surface area contributed by atoms with Crippen LogP contribution in [0.5, 0.6) is 5.75 Å². The first-order valence-electron chi connectivity index (χ1n) is 12.1. The van der Waals surface area contributed by atoms with Crippen molar-refractivity contribution in [2.24, 2.45) is 0 Å². The largest absolute Gasteiger partial charge is 0.496 e. The molecule has 0 bridgehead atoms. The minimum absolute atomic E-state index is 0.146. The second kappa shape index (κ2) is 12.7. The van der Waals surface area contributed by atoms with E-state index in [2.05, 4.69) is 5.32 Å². The Labute approximate surface area is 222 Å². The third-order valence-corrected chi connectivity index (χ3v) is 6.36. The van der Waals surface area contributed by atoms with E-state index in [1.807, 2.05) is 97.1 Å². The fourth-order valence-corrected chi connectivity index (χ4v) is 4.34. The molecule has 0 aliphatic rings. The van der Waals surface area contributed by atoms with Gasteiger partial charge in [0.05, 0.1) is 13.5 Å². The molecular formula is C31H29ClN2O3. The highest BCUT2D eigenvalue weighted by molar-refractivity contribution is 6.30. The van der Waals surface area contributed by atoms with Gasteiger partial charge in [-0.1, -0.05) is 103 Å². The minimum atomic E-state index is -0.823. The van der Waals surface area contributed by atoms with E-state index in [9.17, 15) is 9.59 Å². The maximum absolute atomic E-state index is 13.8. The van der Waals surface area contributed by atoms with Gasteiger partial charge in [-0.2, -0.15) is 0 Å². The molecule has 4 rings (SSSR count). The van der Waals surface area contributed by atoms with Crippen LogP contribution in [0.1, 0.15) is 28.3 Å². The molecule has 1 N–H and O–H groups in total. The molecule has 0 saturated heterocycles. The standard InChI is InChI=1S/C31H29ClN2O3/c1-37-28-15-9-8-14-26(28)21-33-31(36)30(25-12-6-3-7-13-25)34(22-24-10-4-2-5-11-24)29(35)20-23-16-18-27(32)19-17-23/h2-19,30H,20-22H2,1H3,(H,33,36)/t30-/m1/s1. The quantitative estimate of drug-likeness (QED) is 0.284. The molecule has 0 spiro atoms. The van der Waals surface area contributed by atoms with Crippen molar-refractivity contribution in [3.05, 3.63) is 136 Å². The topological polar surface area (TPSA) is 58.6 Å². The van der Waals surface area contributed by atoms with Crippen molar-refractivity contribution in [2.75, 3.05) is 7.11 Å². The molecule has 37 heavy (non-hydrogen) atoms. The van der Waals surface area contributed by atoms with Gasteiger partial charge in [-0.05, 0) is 34.9 Å². The van der Waals surface area contributed by atoms with Gasteiger partial charge in [0.25, 0.3) is 0 Å². The number of nitrogens with one attached hydrogen (secondary N) is 1. The van der Waals surface area contributed by atoms with Gasteiger partial charge in [-0.25, -0.2) is 0 Å². The number of amides is 2. The Morgan fingerprint density at radius 1 is 0.811 bits per heavy atom. The molecule has 188 valence electrons. The molecule has 0 fully saturated rings. The first-order valence-corrected chi connectivity index (χ1v) is 12.5. The number of hydrogen-bond acceptors (Lipinski definition) is 3. The number of hydrogen-bond donors (Lipinski definition) is 1. The van der Waals surface area contributed by atoms with Crippen molar-refractivity contribution < 1.29 is 14.3 Å². The van der Waals surface area contributed by atoms with Crippen LogP contribution < -0.4 is 10.1 Å². The van der Waals surface area contributed by atoms with Gasteiger partial charge in [0.2, 0.25) is 11.8 Å². The molecule has 6 heteroatoms. The second-order valence-corrected chi connectivity index (χ2v) is 9.09. The number of ether oxygens (including phenoxy) is 1. The van der Waals surface area contributed by atoms with Crippen LogP contribution in [-0.2, 0) is 29.1 Å². The highest BCUT2D eigenvalue weighted by Gasteiger charge is 2.31. The molecule has 0 heterocycles. The van der Waals surface area contributed by atoms with Gasteiger partial charge in [-0.15, -0.1) is 0 Å². The van der Waals surface area contributed by atoms with Crippen molar-refractivity contribution in [2.45, 2.75) is 25.6 Å². The van der Waals surface area contributed by atoms with Crippen LogP contribution in [-0.4, -0.2) is 23.8 Å². The third-order valence-electron chi connectivity index (χ3n) is 6.11. The summed E-state index contributed by atoms with van der Waals surface area (Å²) in [4.78, 5) is 29.2. The van der Waals surface area contributed by atoms with E-state index in [0.717, 1.165) is 22.3 Å². The Morgan fingerprint density at radius 2 is 1.43 bits per heavy atom. The van der Waals surface area contributed by atoms with Gasteiger partial charge in [0.15, 0.2) is 0 Å². The summed E-state index contributed by atoms with van der Waals surface area (Å²) >= 11 is 6.04.